The number of methoxy groups -OCH3 is 2. The van der Waals surface area contributed by atoms with Crippen molar-refractivity contribution in [2.75, 3.05) is 26.3 Å². The summed E-state index contributed by atoms with van der Waals surface area (Å²) < 4.78 is 14.9. The van der Waals surface area contributed by atoms with Crippen LogP contribution in [0.25, 0.3) is 0 Å². The van der Waals surface area contributed by atoms with Crippen molar-refractivity contribution >= 4 is 29.2 Å². The summed E-state index contributed by atoms with van der Waals surface area (Å²) in [5.41, 5.74) is 0.998. The monoisotopic (exact) mass is 349 g/mol. The van der Waals surface area contributed by atoms with Crippen LogP contribution >= 0.6 is 11.6 Å². The van der Waals surface area contributed by atoms with E-state index in [2.05, 4.69) is 10.1 Å². The van der Waals surface area contributed by atoms with Crippen molar-refractivity contribution in [1.82, 2.24) is 0 Å². The lowest BCUT2D eigenvalue weighted by Crippen LogP contribution is -2.14. The van der Waals surface area contributed by atoms with Gasteiger partial charge in [0.05, 0.1) is 28.9 Å². The van der Waals surface area contributed by atoms with Crippen molar-refractivity contribution in [1.29, 1.82) is 0 Å². The van der Waals surface area contributed by atoms with Crippen molar-refractivity contribution in [2.24, 2.45) is 0 Å². The summed E-state index contributed by atoms with van der Waals surface area (Å²) in [6, 6.07) is 11.2. The van der Waals surface area contributed by atoms with E-state index in [0.29, 0.717) is 21.8 Å². The van der Waals surface area contributed by atoms with Gasteiger partial charge in [-0.05, 0) is 30.3 Å². The molecule has 0 saturated carbocycles. The molecule has 0 aliphatic heterocycles. The first kappa shape index (κ1) is 17.8. The van der Waals surface area contributed by atoms with Gasteiger partial charge in [0.25, 0.3) is 5.91 Å². The van der Waals surface area contributed by atoms with Crippen LogP contribution in [0.2, 0.25) is 5.02 Å². The molecule has 1 N–H and O–H groups in total. The van der Waals surface area contributed by atoms with Crippen LogP contribution in [0.3, 0.4) is 0 Å². The Kier molecular flexibility index (Phi) is 6.17. The van der Waals surface area contributed by atoms with E-state index in [9.17, 15) is 9.59 Å². The normalized spacial score (nSPS) is 10.1. The first-order chi connectivity index (χ1) is 11.6. The molecule has 126 valence electrons. The number of carbonyl (C=O) groups excluding carboxylic acids is 2. The number of hydrogen-bond donors (Lipinski definition) is 1. The second kappa shape index (κ2) is 8.33. The summed E-state index contributed by atoms with van der Waals surface area (Å²) in [6.07, 6.45) is 0. The molecule has 0 unspecified atom stereocenters. The van der Waals surface area contributed by atoms with Crippen LogP contribution in [0.5, 0.6) is 5.75 Å². The highest BCUT2D eigenvalue weighted by atomic mass is 35.5. The number of hydrogen-bond acceptors (Lipinski definition) is 5. The fourth-order valence-corrected chi connectivity index (χ4v) is 2.17. The molecule has 7 heteroatoms. The lowest BCUT2D eigenvalue weighted by atomic mass is 10.1. The van der Waals surface area contributed by atoms with Gasteiger partial charge in [0.15, 0.2) is 6.79 Å². The van der Waals surface area contributed by atoms with Gasteiger partial charge in [0.1, 0.15) is 5.75 Å². The van der Waals surface area contributed by atoms with Crippen molar-refractivity contribution in [3.63, 3.8) is 0 Å². The van der Waals surface area contributed by atoms with Gasteiger partial charge < -0.3 is 19.5 Å². The van der Waals surface area contributed by atoms with Gasteiger partial charge >= 0.3 is 5.97 Å². The molecule has 2 rings (SSSR count). The molecular weight excluding hydrogens is 334 g/mol. The van der Waals surface area contributed by atoms with Crippen molar-refractivity contribution in [2.45, 2.75) is 0 Å². The number of anilines is 1. The number of amides is 1. The van der Waals surface area contributed by atoms with Crippen LogP contribution in [0, 0.1) is 0 Å². The van der Waals surface area contributed by atoms with Gasteiger partial charge in [-0.25, -0.2) is 4.79 Å². The second-order valence-corrected chi connectivity index (χ2v) is 5.09. The third-order valence-corrected chi connectivity index (χ3v) is 3.43. The zero-order valence-corrected chi connectivity index (χ0v) is 13.9. The minimum Gasteiger partial charge on any atom is -0.465 e. The molecule has 0 aliphatic rings. The molecule has 1 amide bonds. The average Bonchev–Trinajstić information content (AvgIpc) is 2.60. The van der Waals surface area contributed by atoms with Crippen LogP contribution < -0.4 is 10.1 Å². The number of ether oxygens (including phenoxy) is 3. The minimum atomic E-state index is -0.513. The SMILES string of the molecule is COCOc1cc(C(=O)OC)ccc1NC(=O)c1ccccc1Cl. The maximum atomic E-state index is 12.4. The molecular formula is C17H16ClNO5. The zero-order chi connectivity index (χ0) is 17.5. The fraction of sp³-hybridized carbons (Fsp3) is 0.176. The van der Waals surface area contributed by atoms with E-state index in [1.807, 2.05) is 0 Å². The number of rotatable bonds is 6. The Morgan fingerprint density at radius 3 is 2.54 bits per heavy atom. The topological polar surface area (TPSA) is 73.9 Å². The van der Waals surface area contributed by atoms with Gasteiger partial charge in [0.2, 0.25) is 0 Å². The summed E-state index contributed by atoms with van der Waals surface area (Å²) in [7, 11) is 2.75. The summed E-state index contributed by atoms with van der Waals surface area (Å²) in [6.45, 7) is -0.0421. The Morgan fingerprint density at radius 1 is 1.12 bits per heavy atom. The summed E-state index contributed by atoms with van der Waals surface area (Å²) in [5.74, 6) is -0.630. The molecule has 0 aliphatic carbocycles. The van der Waals surface area contributed by atoms with Crippen LogP contribution in [-0.4, -0.2) is 32.9 Å². The second-order valence-electron chi connectivity index (χ2n) is 4.69. The molecule has 0 radical (unpaired) electrons. The van der Waals surface area contributed by atoms with Crippen LogP contribution in [0.4, 0.5) is 5.69 Å². The van der Waals surface area contributed by atoms with E-state index in [4.69, 9.17) is 21.1 Å². The Labute approximate surface area is 144 Å². The highest BCUT2D eigenvalue weighted by Gasteiger charge is 2.15. The Morgan fingerprint density at radius 2 is 1.88 bits per heavy atom. The predicted molar refractivity (Wildman–Crippen MR) is 89.7 cm³/mol. The number of esters is 1. The van der Waals surface area contributed by atoms with E-state index in [0.717, 1.165) is 0 Å². The molecule has 0 spiro atoms. The standard InChI is InChI=1S/C17H16ClNO5/c1-22-10-24-15-9-11(17(21)23-2)7-8-14(15)19-16(20)12-5-3-4-6-13(12)18/h3-9H,10H2,1-2H3,(H,19,20). The number of benzene rings is 2. The smallest absolute Gasteiger partial charge is 0.337 e. The molecule has 0 atom stereocenters. The summed E-state index contributed by atoms with van der Waals surface area (Å²) >= 11 is 6.02. The Bertz CT molecular complexity index is 748. The Balaban J connectivity index is 2.29. The third kappa shape index (κ3) is 4.24. The largest absolute Gasteiger partial charge is 0.465 e. The third-order valence-electron chi connectivity index (χ3n) is 3.10. The average molecular weight is 350 g/mol. The van der Waals surface area contributed by atoms with E-state index in [1.165, 1.54) is 26.4 Å². The van der Waals surface area contributed by atoms with Crippen LogP contribution in [0.15, 0.2) is 42.5 Å². The maximum absolute atomic E-state index is 12.4. The molecule has 6 nitrogen and oxygen atoms in total. The minimum absolute atomic E-state index is 0.0421. The Hall–Kier alpha value is -2.57. The molecule has 0 fully saturated rings. The molecule has 24 heavy (non-hydrogen) atoms. The van der Waals surface area contributed by atoms with Gasteiger partial charge in [-0.15, -0.1) is 0 Å². The predicted octanol–water partition coefficient (Wildman–Crippen LogP) is 3.36. The maximum Gasteiger partial charge on any atom is 0.337 e. The lowest BCUT2D eigenvalue weighted by molar-refractivity contribution is 0.0508. The lowest BCUT2D eigenvalue weighted by Gasteiger charge is -2.13. The first-order valence-corrected chi connectivity index (χ1v) is 7.34. The fourth-order valence-electron chi connectivity index (χ4n) is 1.95. The quantitative estimate of drug-likeness (QED) is 0.639. The van der Waals surface area contributed by atoms with Gasteiger partial charge in [0, 0.05) is 7.11 Å². The molecule has 0 heterocycles. The summed E-state index contributed by atoms with van der Waals surface area (Å²) in [4.78, 5) is 24.0. The first-order valence-electron chi connectivity index (χ1n) is 6.96. The van der Waals surface area contributed by atoms with Crippen molar-refractivity contribution in [3.05, 3.63) is 58.6 Å². The zero-order valence-electron chi connectivity index (χ0n) is 13.2. The molecule has 0 saturated heterocycles. The van der Waals surface area contributed by atoms with Crippen LogP contribution in [-0.2, 0) is 9.47 Å². The highest BCUT2D eigenvalue weighted by Crippen LogP contribution is 2.28. The summed E-state index contributed by atoms with van der Waals surface area (Å²) in [5, 5.41) is 3.04. The van der Waals surface area contributed by atoms with E-state index >= 15 is 0 Å². The number of carbonyl (C=O) groups is 2. The molecule has 2 aromatic carbocycles. The van der Waals surface area contributed by atoms with Crippen molar-refractivity contribution in [3.8, 4) is 5.75 Å². The molecule has 0 aromatic heterocycles. The van der Waals surface area contributed by atoms with E-state index in [1.54, 1.807) is 30.3 Å². The molecule has 0 bridgehead atoms. The van der Waals surface area contributed by atoms with E-state index in [-0.39, 0.29) is 12.5 Å². The van der Waals surface area contributed by atoms with Crippen molar-refractivity contribution < 1.29 is 23.8 Å². The van der Waals surface area contributed by atoms with Gasteiger partial charge in [-0.3, -0.25) is 4.79 Å². The van der Waals surface area contributed by atoms with Crippen LogP contribution in [0.1, 0.15) is 20.7 Å². The van der Waals surface area contributed by atoms with Gasteiger partial charge in [-0.1, -0.05) is 23.7 Å². The van der Waals surface area contributed by atoms with E-state index < -0.39 is 11.9 Å². The number of halogens is 1. The highest BCUT2D eigenvalue weighted by molar-refractivity contribution is 6.34. The number of nitrogens with one attached hydrogen (secondary N) is 1. The van der Waals surface area contributed by atoms with Gasteiger partial charge in [-0.2, -0.15) is 0 Å². The molecule has 2 aromatic rings.